The van der Waals surface area contributed by atoms with Gasteiger partial charge in [0.15, 0.2) is 11.6 Å². The molecule has 8 aromatic carbocycles. The Morgan fingerprint density at radius 3 is 1.67 bits per heavy atom. The van der Waals surface area contributed by atoms with Crippen LogP contribution < -0.4 is 0 Å². The number of nitrogens with zero attached hydrogens (tertiary/aromatic N) is 5. The van der Waals surface area contributed by atoms with Crippen molar-refractivity contribution in [2.75, 3.05) is 0 Å². The molecule has 0 spiro atoms. The number of furan rings is 1. The molecule has 12 aromatic rings. The Morgan fingerprint density at radius 2 is 0.930 bits per heavy atom. The van der Waals surface area contributed by atoms with Crippen LogP contribution >= 0.6 is 0 Å². The van der Waals surface area contributed by atoms with Crippen molar-refractivity contribution in [1.29, 1.82) is 0 Å². The average molecular weight is 730 g/mol. The smallest absolute Gasteiger partial charge is 0.238 e. The molecule has 12 rings (SSSR count). The van der Waals surface area contributed by atoms with Gasteiger partial charge in [-0.05, 0) is 59.7 Å². The van der Waals surface area contributed by atoms with Crippen molar-refractivity contribution in [1.82, 2.24) is 24.1 Å². The van der Waals surface area contributed by atoms with Gasteiger partial charge in [0.05, 0.1) is 27.6 Å². The summed E-state index contributed by atoms with van der Waals surface area (Å²) in [6.07, 6.45) is 0. The van der Waals surface area contributed by atoms with Crippen LogP contribution in [0, 0.1) is 0 Å². The minimum atomic E-state index is 0.538. The second-order valence-electron chi connectivity index (χ2n) is 14.4. The van der Waals surface area contributed by atoms with E-state index in [1.165, 1.54) is 21.8 Å². The molecule has 6 heteroatoms. The van der Waals surface area contributed by atoms with Crippen LogP contribution in [0.3, 0.4) is 0 Å². The molecule has 0 saturated carbocycles. The van der Waals surface area contributed by atoms with Crippen molar-refractivity contribution in [3.63, 3.8) is 0 Å². The Balaban J connectivity index is 1.09. The van der Waals surface area contributed by atoms with Crippen LogP contribution in [0.15, 0.2) is 192 Å². The van der Waals surface area contributed by atoms with Crippen LogP contribution in [0.4, 0.5) is 0 Å². The number of para-hydroxylation sites is 4. The lowest BCUT2D eigenvalue weighted by Crippen LogP contribution is -2.06. The SMILES string of the molecule is c1ccc(-c2nc(-c3cccc4c3oc3ccc(-n5c6ccccc6c6ccccc65)cc34)nc(-n3c4ccccc4c4c(-c5ccccc5)cccc43)n2)cc1. The molecule has 4 aromatic heterocycles. The third kappa shape index (κ3) is 4.81. The maximum atomic E-state index is 6.75. The van der Waals surface area contributed by atoms with Crippen LogP contribution in [-0.4, -0.2) is 24.1 Å². The quantitative estimate of drug-likeness (QED) is 0.177. The Labute approximate surface area is 326 Å². The van der Waals surface area contributed by atoms with Gasteiger partial charge < -0.3 is 8.98 Å². The molecule has 0 bridgehead atoms. The third-order valence-corrected chi connectivity index (χ3v) is 11.2. The summed E-state index contributed by atoms with van der Waals surface area (Å²) in [5.41, 5.74) is 11.0. The second-order valence-corrected chi connectivity index (χ2v) is 14.4. The number of hydrogen-bond acceptors (Lipinski definition) is 4. The van der Waals surface area contributed by atoms with E-state index in [2.05, 4.69) is 161 Å². The summed E-state index contributed by atoms with van der Waals surface area (Å²) >= 11 is 0. The molecule has 266 valence electrons. The molecular formula is C51H31N5O. The predicted molar refractivity (Wildman–Crippen MR) is 232 cm³/mol. The second kappa shape index (κ2) is 12.3. The first-order chi connectivity index (χ1) is 28.3. The van der Waals surface area contributed by atoms with Crippen LogP contribution in [0.25, 0.3) is 111 Å². The van der Waals surface area contributed by atoms with Gasteiger partial charge in [-0.15, -0.1) is 0 Å². The first kappa shape index (κ1) is 31.5. The van der Waals surface area contributed by atoms with Gasteiger partial charge in [0.2, 0.25) is 5.95 Å². The Bertz CT molecular complexity index is 3470. The van der Waals surface area contributed by atoms with Crippen LogP contribution in [-0.2, 0) is 0 Å². The highest BCUT2D eigenvalue weighted by Crippen LogP contribution is 2.41. The van der Waals surface area contributed by atoms with Crippen molar-refractivity contribution < 1.29 is 4.42 Å². The lowest BCUT2D eigenvalue weighted by atomic mass is 9.99. The van der Waals surface area contributed by atoms with Gasteiger partial charge in [-0.25, -0.2) is 4.98 Å². The van der Waals surface area contributed by atoms with E-state index >= 15 is 0 Å². The molecule has 0 saturated heterocycles. The fourth-order valence-corrected chi connectivity index (χ4v) is 8.70. The zero-order valence-corrected chi connectivity index (χ0v) is 30.5. The summed E-state index contributed by atoms with van der Waals surface area (Å²) in [5.74, 6) is 1.66. The van der Waals surface area contributed by atoms with Crippen molar-refractivity contribution in [3.05, 3.63) is 188 Å². The fraction of sp³-hybridized carbons (Fsp3) is 0. The van der Waals surface area contributed by atoms with Crippen LogP contribution in [0.1, 0.15) is 0 Å². The van der Waals surface area contributed by atoms with Crippen molar-refractivity contribution >= 4 is 65.6 Å². The molecule has 57 heavy (non-hydrogen) atoms. The molecule has 0 amide bonds. The van der Waals surface area contributed by atoms with E-state index in [0.29, 0.717) is 17.6 Å². The summed E-state index contributed by atoms with van der Waals surface area (Å²) in [7, 11) is 0. The van der Waals surface area contributed by atoms with Crippen LogP contribution in [0.5, 0.6) is 0 Å². The summed E-state index contributed by atoms with van der Waals surface area (Å²) < 4.78 is 11.3. The standard InChI is InChI=1S/C51H31N5O/c1-3-15-32(16-4-1)35-22-14-28-45-47(35)39-21-9-12-27-44(39)56(45)51-53-49(33-17-5-2-6-18-33)52-50(54-51)40-24-13-23-38-41-31-34(29-30-46(41)57-48(38)40)55-42-25-10-7-19-36(42)37-20-8-11-26-43(37)55/h1-31H. The van der Waals surface area contributed by atoms with E-state index in [4.69, 9.17) is 19.4 Å². The van der Waals surface area contributed by atoms with Gasteiger partial charge in [-0.1, -0.05) is 140 Å². The molecular weight excluding hydrogens is 699 g/mol. The zero-order chi connectivity index (χ0) is 37.5. The Morgan fingerprint density at radius 1 is 0.368 bits per heavy atom. The monoisotopic (exact) mass is 729 g/mol. The molecule has 0 aliphatic rings. The molecule has 4 heterocycles. The zero-order valence-electron chi connectivity index (χ0n) is 30.5. The van der Waals surface area contributed by atoms with E-state index in [-0.39, 0.29) is 0 Å². The van der Waals surface area contributed by atoms with Gasteiger partial charge >= 0.3 is 0 Å². The van der Waals surface area contributed by atoms with Gasteiger partial charge in [0, 0.05) is 43.6 Å². The lowest BCUT2D eigenvalue weighted by Gasteiger charge is -2.11. The topological polar surface area (TPSA) is 61.7 Å². The molecule has 0 aliphatic heterocycles. The molecule has 0 atom stereocenters. The van der Waals surface area contributed by atoms with Crippen LogP contribution in [0.2, 0.25) is 0 Å². The molecule has 6 nitrogen and oxygen atoms in total. The first-order valence-electron chi connectivity index (χ1n) is 19.1. The number of fused-ring (bicyclic) bond motifs is 9. The third-order valence-electron chi connectivity index (χ3n) is 11.2. The summed E-state index contributed by atoms with van der Waals surface area (Å²) in [6.45, 7) is 0. The maximum Gasteiger partial charge on any atom is 0.238 e. The van der Waals surface area contributed by atoms with E-state index in [1.807, 2.05) is 36.4 Å². The van der Waals surface area contributed by atoms with Gasteiger partial charge in [-0.3, -0.25) is 4.57 Å². The van der Waals surface area contributed by atoms with Crippen molar-refractivity contribution in [2.24, 2.45) is 0 Å². The Hall–Kier alpha value is -7.83. The highest BCUT2D eigenvalue weighted by Gasteiger charge is 2.22. The minimum absolute atomic E-state index is 0.538. The van der Waals surface area contributed by atoms with E-state index in [1.54, 1.807) is 0 Å². The van der Waals surface area contributed by atoms with Crippen molar-refractivity contribution in [3.8, 4) is 45.5 Å². The van der Waals surface area contributed by atoms with Gasteiger partial charge in [-0.2, -0.15) is 9.97 Å². The molecule has 0 aliphatic carbocycles. The van der Waals surface area contributed by atoms with Gasteiger partial charge in [0.1, 0.15) is 11.2 Å². The van der Waals surface area contributed by atoms with E-state index in [0.717, 1.165) is 71.7 Å². The summed E-state index contributed by atoms with van der Waals surface area (Å²) in [5, 5.41) is 6.77. The Kier molecular flexibility index (Phi) is 6.83. The number of aromatic nitrogens is 5. The maximum absolute atomic E-state index is 6.75. The van der Waals surface area contributed by atoms with E-state index < -0.39 is 0 Å². The first-order valence-corrected chi connectivity index (χ1v) is 19.1. The van der Waals surface area contributed by atoms with E-state index in [9.17, 15) is 0 Å². The molecule has 0 radical (unpaired) electrons. The minimum Gasteiger partial charge on any atom is -0.455 e. The average Bonchev–Trinajstić information content (AvgIpc) is 3.94. The highest BCUT2D eigenvalue weighted by molar-refractivity contribution is 6.16. The normalized spacial score (nSPS) is 11.9. The molecule has 0 unspecified atom stereocenters. The molecule has 0 fully saturated rings. The van der Waals surface area contributed by atoms with Crippen molar-refractivity contribution in [2.45, 2.75) is 0 Å². The lowest BCUT2D eigenvalue weighted by molar-refractivity contribution is 0.669. The summed E-state index contributed by atoms with van der Waals surface area (Å²) in [6, 6.07) is 65.5. The largest absolute Gasteiger partial charge is 0.455 e. The fourth-order valence-electron chi connectivity index (χ4n) is 8.70. The molecule has 0 N–H and O–H groups in total. The predicted octanol–water partition coefficient (Wildman–Crippen LogP) is 13.0. The number of rotatable bonds is 5. The summed E-state index contributed by atoms with van der Waals surface area (Å²) in [4.78, 5) is 15.6. The van der Waals surface area contributed by atoms with Gasteiger partial charge in [0.25, 0.3) is 0 Å². The number of benzene rings is 8. The number of hydrogen-bond donors (Lipinski definition) is 0. The highest BCUT2D eigenvalue weighted by atomic mass is 16.3.